The smallest absolute Gasteiger partial charge is 0.307 e. The standard InChI is InChI=1S/C15H29N2O2P/c1-3-11-17(12-4-2)20(18,14-16)19-13-10-15-8-6-5-7-9-15/h15H,3-13H2,1-2H3. The summed E-state index contributed by atoms with van der Waals surface area (Å²) in [5, 5.41) is 9.27. The van der Waals surface area contributed by atoms with Crippen LogP contribution in [0.3, 0.4) is 0 Å². The summed E-state index contributed by atoms with van der Waals surface area (Å²) in [4.78, 5) is 0. The summed E-state index contributed by atoms with van der Waals surface area (Å²) in [6, 6.07) is 0. The van der Waals surface area contributed by atoms with Crippen molar-refractivity contribution in [2.45, 2.75) is 65.2 Å². The van der Waals surface area contributed by atoms with E-state index in [1.807, 2.05) is 19.7 Å². The zero-order valence-electron chi connectivity index (χ0n) is 13.0. The average Bonchev–Trinajstić information content (AvgIpc) is 2.48. The number of nitriles is 1. The van der Waals surface area contributed by atoms with Gasteiger partial charge in [-0.15, -0.1) is 0 Å². The number of hydrogen-bond donors (Lipinski definition) is 0. The van der Waals surface area contributed by atoms with Crippen LogP contribution in [-0.2, 0) is 9.09 Å². The first-order valence-corrected chi connectivity index (χ1v) is 9.65. The predicted octanol–water partition coefficient (Wildman–Crippen LogP) is 4.77. The van der Waals surface area contributed by atoms with E-state index in [-0.39, 0.29) is 0 Å². The van der Waals surface area contributed by atoms with E-state index >= 15 is 0 Å². The molecule has 0 bridgehead atoms. The van der Waals surface area contributed by atoms with Gasteiger partial charge in [0, 0.05) is 13.1 Å². The van der Waals surface area contributed by atoms with Crippen molar-refractivity contribution in [3.05, 3.63) is 0 Å². The maximum Gasteiger partial charge on any atom is 0.371 e. The topological polar surface area (TPSA) is 53.3 Å². The second-order valence-corrected chi connectivity index (χ2v) is 7.76. The van der Waals surface area contributed by atoms with E-state index in [0.29, 0.717) is 25.6 Å². The van der Waals surface area contributed by atoms with Gasteiger partial charge in [-0.2, -0.15) is 5.26 Å². The van der Waals surface area contributed by atoms with Crippen molar-refractivity contribution in [1.82, 2.24) is 4.67 Å². The lowest BCUT2D eigenvalue weighted by molar-refractivity contribution is 0.225. The number of rotatable bonds is 9. The van der Waals surface area contributed by atoms with Crippen LogP contribution in [-0.4, -0.2) is 24.4 Å². The molecule has 0 amide bonds. The van der Waals surface area contributed by atoms with E-state index < -0.39 is 7.52 Å². The first-order chi connectivity index (χ1) is 9.66. The predicted molar refractivity (Wildman–Crippen MR) is 82.5 cm³/mol. The van der Waals surface area contributed by atoms with Gasteiger partial charge in [0.2, 0.25) is 0 Å². The molecule has 5 heteroatoms. The molecule has 0 aromatic heterocycles. The van der Waals surface area contributed by atoms with Gasteiger partial charge in [0.25, 0.3) is 0 Å². The Morgan fingerprint density at radius 2 is 1.80 bits per heavy atom. The van der Waals surface area contributed by atoms with Crippen LogP contribution >= 0.6 is 7.52 Å². The summed E-state index contributed by atoms with van der Waals surface area (Å²) in [7, 11) is -3.27. The van der Waals surface area contributed by atoms with E-state index in [9.17, 15) is 9.83 Å². The molecule has 0 heterocycles. The second-order valence-electron chi connectivity index (χ2n) is 5.70. The fourth-order valence-corrected chi connectivity index (χ4v) is 4.51. The highest BCUT2D eigenvalue weighted by Gasteiger charge is 2.31. The van der Waals surface area contributed by atoms with Crippen molar-refractivity contribution in [1.29, 1.82) is 5.26 Å². The molecular weight excluding hydrogens is 271 g/mol. The monoisotopic (exact) mass is 300 g/mol. The van der Waals surface area contributed by atoms with Gasteiger partial charge in [-0.1, -0.05) is 46.0 Å². The van der Waals surface area contributed by atoms with Crippen molar-refractivity contribution in [2.75, 3.05) is 19.7 Å². The highest BCUT2D eigenvalue weighted by molar-refractivity contribution is 7.61. The van der Waals surface area contributed by atoms with Gasteiger partial charge in [-0.3, -0.25) is 4.57 Å². The summed E-state index contributed by atoms with van der Waals surface area (Å²) >= 11 is 0. The molecule has 1 saturated carbocycles. The highest BCUT2D eigenvalue weighted by atomic mass is 31.2. The van der Waals surface area contributed by atoms with Crippen LogP contribution in [0.1, 0.15) is 65.2 Å². The summed E-state index contributed by atoms with van der Waals surface area (Å²) in [6.07, 6.45) is 9.18. The van der Waals surface area contributed by atoms with Crippen LogP contribution in [0, 0.1) is 17.0 Å². The molecule has 0 aromatic rings. The Morgan fingerprint density at radius 1 is 1.20 bits per heavy atom. The molecule has 0 aromatic carbocycles. The van der Waals surface area contributed by atoms with Crippen LogP contribution in [0.25, 0.3) is 0 Å². The van der Waals surface area contributed by atoms with Gasteiger partial charge in [0.15, 0.2) is 5.81 Å². The minimum Gasteiger partial charge on any atom is -0.307 e. The fraction of sp³-hybridized carbons (Fsp3) is 0.933. The van der Waals surface area contributed by atoms with Gasteiger partial charge in [-0.25, -0.2) is 4.67 Å². The first-order valence-electron chi connectivity index (χ1n) is 8.07. The lowest BCUT2D eigenvalue weighted by Crippen LogP contribution is -2.23. The molecule has 0 aliphatic heterocycles. The van der Waals surface area contributed by atoms with Crippen molar-refractivity contribution in [2.24, 2.45) is 5.92 Å². The number of nitrogens with zero attached hydrogens (tertiary/aromatic N) is 2. The van der Waals surface area contributed by atoms with E-state index in [4.69, 9.17) is 4.52 Å². The Balaban J connectivity index is 2.46. The quantitative estimate of drug-likeness (QED) is 0.575. The zero-order valence-corrected chi connectivity index (χ0v) is 13.9. The van der Waals surface area contributed by atoms with Gasteiger partial charge in [-0.05, 0) is 25.2 Å². The summed E-state index contributed by atoms with van der Waals surface area (Å²) in [6.45, 7) is 5.86. The molecule has 1 fully saturated rings. The molecule has 20 heavy (non-hydrogen) atoms. The molecule has 1 aliphatic rings. The first kappa shape index (κ1) is 17.7. The van der Waals surface area contributed by atoms with E-state index in [0.717, 1.165) is 19.3 Å². The van der Waals surface area contributed by atoms with E-state index in [2.05, 4.69) is 0 Å². The van der Waals surface area contributed by atoms with Gasteiger partial charge < -0.3 is 4.52 Å². The van der Waals surface area contributed by atoms with Crippen molar-refractivity contribution in [3.8, 4) is 5.81 Å². The molecule has 4 nitrogen and oxygen atoms in total. The van der Waals surface area contributed by atoms with Gasteiger partial charge in [0.1, 0.15) is 0 Å². The van der Waals surface area contributed by atoms with Crippen LogP contribution in [0.15, 0.2) is 0 Å². The maximum atomic E-state index is 12.6. The summed E-state index contributed by atoms with van der Waals surface area (Å²) in [5.74, 6) is 2.64. The van der Waals surface area contributed by atoms with Gasteiger partial charge in [0.05, 0.1) is 6.61 Å². The SMILES string of the molecule is CCCN(CCC)P(=O)(C#N)OCCC1CCCCC1. The maximum absolute atomic E-state index is 12.6. The Bertz CT molecular complexity index is 342. The lowest BCUT2D eigenvalue weighted by atomic mass is 9.87. The summed E-state index contributed by atoms with van der Waals surface area (Å²) in [5.41, 5.74) is 0. The highest BCUT2D eigenvalue weighted by Crippen LogP contribution is 2.50. The Morgan fingerprint density at radius 3 is 2.30 bits per heavy atom. The lowest BCUT2D eigenvalue weighted by Gasteiger charge is -2.27. The van der Waals surface area contributed by atoms with Crippen molar-refractivity contribution in [3.63, 3.8) is 0 Å². The normalized spacial score (nSPS) is 19.7. The van der Waals surface area contributed by atoms with Crippen LogP contribution in [0.5, 0.6) is 0 Å². The van der Waals surface area contributed by atoms with Crippen molar-refractivity contribution < 1.29 is 9.09 Å². The fourth-order valence-electron chi connectivity index (χ4n) is 2.88. The Hall–Kier alpha value is -0.360. The van der Waals surface area contributed by atoms with Crippen LogP contribution < -0.4 is 0 Å². The molecule has 1 aliphatic carbocycles. The molecule has 0 spiro atoms. The molecule has 0 saturated heterocycles. The largest absolute Gasteiger partial charge is 0.371 e. The van der Waals surface area contributed by atoms with Crippen LogP contribution in [0.4, 0.5) is 0 Å². The minimum absolute atomic E-state index is 0.458. The van der Waals surface area contributed by atoms with Crippen molar-refractivity contribution >= 4 is 7.52 Å². The third kappa shape index (κ3) is 5.56. The molecule has 0 radical (unpaired) electrons. The van der Waals surface area contributed by atoms with E-state index in [1.165, 1.54) is 32.1 Å². The third-order valence-electron chi connectivity index (χ3n) is 3.98. The molecule has 0 N–H and O–H groups in total. The second kappa shape index (κ2) is 9.55. The molecular formula is C15H29N2O2P. The third-order valence-corrected chi connectivity index (χ3v) is 5.91. The zero-order chi connectivity index (χ0) is 14.8. The molecule has 116 valence electrons. The molecule has 1 atom stereocenters. The van der Waals surface area contributed by atoms with Gasteiger partial charge >= 0.3 is 7.52 Å². The number of hydrogen-bond acceptors (Lipinski definition) is 3. The average molecular weight is 300 g/mol. The summed E-state index contributed by atoms with van der Waals surface area (Å²) < 4.78 is 20.0. The minimum atomic E-state index is -3.27. The molecule has 1 unspecified atom stereocenters. The van der Waals surface area contributed by atoms with Crippen LogP contribution in [0.2, 0.25) is 0 Å². The Labute approximate surface area is 124 Å². The van der Waals surface area contributed by atoms with E-state index in [1.54, 1.807) is 4.67 Å². The molecule has 1 rings (SSSR count). The Kier molecular flexibility index (Phi) is 8.45.